The van der Waals surface area contributed by atoms with Gasteiger partial charge in [-0.15, -0.1) is 0 Å². The lowest BCUT2D eigenvalue weighted by molar-refractivity contribution is 0.0982. The first-order valence-corrected chi connectivity index (χ1v) is 6.48. The van der Waals surface area contributed by atoms with Crippen molar-refractivity contribution >= 4 is 17.3 Å². The number of anilines is 2. The monoisotopic (exact) mass is 271 g/mol. The minimum Gasteiger partial charge on any atom is -0.399 e. The molecular weight excluding hydrogens is 254 g/mol. The molecule has 5 heteroatoms. The summed E-state index contributed by atoms with van der Waals surface area (Å²) >= 11 is 0. The van der Waals surface area contributed by atoms with E-state index in [1.165, 1.54) is 6.07 Å². The minimum atomic E-state index is -0.292. The second-order valence-corrected chi connectivity index (χ2v) is 4.48. The van der Waals surface area contributed by atoms with Crippen LogP contribution < -0.4 is 16.2 Å². The van der Waals surface area contributed by atoms with Crippen LogP contribution in [0.1, 0.15) is 23.8 Å². The number of carbonyl (C=O) groups is 1. The van der Waals surface area contributed by atoms with Crippen molar-refractivity contribution in [2.75, 3.05) is 17.2 Å². The molecule has 0 radical (unpaired) electrons. The maximum Gasteiger partial charge on any atom is 0.274 e. The van der Waals surface area contributed by atoms with Crippen LogP contribution in [0.15, 0.2) is 47.3 Å². The summed E-state index contributed by atoms with van der Waals surface area (Å²) < 4.78 is 0. The Morgan fingerprint density at radius 2 is 2.00 bits per heavy atom. The highest BCUT2D eigenvalue weighted by molar-refractivity contribution is 6.04. The van der Waals surface area contributed by atoms with Gasteiger partial charge in [-0.3, -0.25) is 9.59 Å². The number of H-pyrrole nitrogens is 1. The van der Waals surface area contributed by atoms with E-state index in [2.05, 4.69) is 4.98 Å². The van der Waals surface area contributed by atoms with Crippen LogP contribution in [-0.4, -0.2) is 17.4 Å². The summed E-state index contributed by atoms with van der Waals surface area (Å²) in [5, 5.41) is 0. The van der Waals surface area contributed by atoms with Crippen molar-refractivity contribution in [2.24, 2.45) is 0 Å². The topological polar surface area (TPSA) is 79.2 Å². The maximum absolute atomic E-state index is 12.5. The molecule has 0 bridgehead atoms. The molecule has 5 nitrogen and oxygen atoms in total. The summed E-state index contributed by atoms with van der Waals surface area (Å²) in [4.78, 5) is 28.0. The molecule has 2 aromatic rings. The molecule has 0 saturated heterocycles. The van der Waals surface area contributed by atoms with Gasteiger partial charge in [0.25, 0.3) is 5.91 Å². The Morgan fingerprint density at radius 3 is 2.65 bits per heavy atom. The summed E-state index contributed by atoms with van der Waals surface area (Å²) in [5.74, 6) is -0.241. The molecule has 0 atom stereocenters. The van der Waals surface area contributed by atoms with Gasteiger partial charge in [-0.1, -0.05) is 19.1 Å². The van der Waals surface area contributed by atoms with E-state index in [0.717, 1.165) is 12.1 Å². The van der Waals surface area contributed by atoms with Crippen molar-refractivity contribution in [1.82, 2.24) is 4.98 Å². The summed E-state index contributed by atoms with van der Waals surface area (Å²) in [5.41, 5.74) is 7.06. The van der Waals surface area contributed by atoms with E-state index in [0.29, 0.717) is 12.2 Å². The molecular formula is C15H17N3O2. The van der Waals surface area contributed by atoms with E-state index in [1.807, 2.05) is 13.0 Å². The Hall–Kier alpha value is -2.56. The number of carbonyl (C=O) groups excluding carboxylic acids is 1. The maximum atomic E-state index is 12.5. The molecule has 1 heterocycles. The molecule has 1 amide bonds. The SMILES string of the molecule is CCCN(C(=O)c1cccc(=O)[nH]1)c1cccc(N)c1. The van der Waals surface area contributed by atoms with Gasteiger partial charge in [-0.05, 0) is 30.7 Å². The van der Waals surface area contributed by atoms with Crippen LogP contribution in [0.3, 0.4) is 0 Å². The molecule has 1 aromatic carbocycles. The fourth-order valence-electron chi connectivity index (χ4n) is 1.98. The molecule has 1 aromatic heterocycles. The number of rotatable bonds is 4. The predicted molar refractivity (Wildman–Crippen MR) is 79.9 cm³/mol. The first-order chi connectivity index (χ1) is 9.61. The van der Waals surface area contributed by atoms with Gasteiger partial charge < -0.3 is 15.6 Å². The molecule has 0 aliphatic carbocycles. The molecule has 3 N–H and O–H groups in total. The number of aromatic amines is 1. The highest BCUT2D eigenvalue weighted by Crippen LogP contribution is 2.19. The fraction of sp³-hybridized carbons (Fsp3) is 0.200. The number of hydrogen-bond donors (Lipinski definition) is 2. The third-order valence-electron chi connectivity index (χ3n) is 2.87. The van der Waals surface area contributed by atoms with E-state index in [1.54, 1.807) is 35.2 Å². The molecule has 0 saturated carbocycles. The summed E-state index contributed by atoms with van der Waals surface area (Å²) in [6, 6.07) is 11.7. The zero-order valence-electron chi connectivity index (χ0n) is 11.3. The lowest BCUT2D eigenvalue weighted by Gasteiger charge is -2.22. The number of nitrogens with one attached hydrogen (secondary N) is 1. The molecule has 0 spiro atoms. The van der Waals surface area contributed by atoms with Gasteiger partial charge in [-0.2, -0.15) is 0 Å². The molecule has 20 heavy (non-hydrogen) atoms. The third kappa shape index (κ3) is 3.06. The van der Waals surface area contributed by atoms with Crippen molar-refractivity contribution in [2.45, 2.75) is 13.3 Å². The lowest BCUT2D eigenvalue weighted by Crippen LogP contribution is -2.33. The zero-order chi connectivity index (χ0) is 14.5. The van der Waals surface area contributed by atoms with E-state index >= 15 is 0 Å². The van der Waals surface area contributed by atoms with Crippen LogP contribution in [-0.2, 0) is 0 Å². The summed E-state index contributed by atoms with van der Waals surface area (Å²) in [7, 11) is 0. The molecule has 0 fully saturated rings. The van der Waals surface area contributed by atoms with Gasteiger partial charge in [0.05, 0.1) is 0 Å². The first kappa shape index (κ1) is 13.9. The van der Waals surface area contributed by atoms with E-state index < -0.39 is 0 Å². The van der Waals surface area contributed by atoms with E-state index in [9.17, 15) is 9.59 Å². The highest BCUT2D eigenvalue weighted by Gasteiger charge is 2.17. The number of nitrogens with two attached hydrogens (primary N) is 1. The van der Waals surface area contributed by atoms with Gasteiger partial charge in [-0.25, -0.2) is 0 Å². The number of pyridine rings is 1. The third-order valence-corrected chi connectivity index (χ3v) is 2.87. The summed E-state index contributed by atoms with van der Waals surface area (Å²) in [6.45, 7) is 2.54. The quantitative estimate of drug-likeness (QED) is 0.835. The fourth-order valence-corrected chi connectivity index (χ4v) is 1.98. The van der Waals surface area contributed by atoms with Gasteiger partial charge >= 0.3 is 0 Å². The van der Waals surface area contributed by atoms with E-state index in [4.69, 9.17) is 5.73 Å². The second kappa shape index (κ2) is 6.06. The Balaban J connectivity index is 2.38. The van der Waals surface area contributed by atoms with Crippen molar-refractivity contribution in [3.63, 3.8) is 0 Å². The van der Waals surface area contributed by atoms with Gasteiger partial charge in [0.15, 0.2) is 0 Å². The van der Waals surface area contributed by atoms with Gasteiger partial charge in [0.1, 0.15) is 5.69 Å². The highest BCUT2D eigenvalue weighted by atomic mass is 16.2. The molecule has 0 unspecified atom stereocenters. The standard InChI is InChI=1S/C15H17N3O2/c1-2-9-18(12-6-3-5-11(16)10-12)15(20)13-7-4-8-14(19)17-13/h3-8,10H,2,9,16H2,1H3,(H,17,19). The average Bonchev–Trinajstić information content (AvgIpc) is 2.44. The smallest absolute Gasteiger partial charge is 0.274 e. The van der Waals surface area contributed by atoms with Crippen LogP contribution in [0.4, 0.5) is 11.4 Å². The van der Waals surface area contributed by atoms with Crippen molar-refractivity contribution in [3.8, 4) is 0 Å². The van der Waals surface area contributed by atoms with Crippen molar-refractivity contribution < 1.29 is 4.79 Å². The van der Waals surface area contributed by atoms with Crippen LogP contribution >= 0.6 is 0 Å². The normalized spacial score (nSPS) is 10.2. The van der Waals surface area contributed by atoms with Crippen molar-refractivity contribution in [3.05, 3.63) is 58.5 Å². The molecule has 2 rings (SSSR count). The largest absolute Gasteiger partial charge is 0.399 e. The minimum absolute atomic E-state index is 0.241. The number of benzene rings is 1. The van der Waals surface area contributed by atoms with Crippen LogP contribution in [0.25, 0.3) is 0 Å². The number of aromatic nitrogens is 1. The lowest BCUT2D eigenvalue weighted by atomic mass is 10.2. The van der Waals surface area contributed by atoms with Gasteiger partial charge in [0.2, 0.25) is 5.56 Å². The number of hydrogen-bond acceptors (Lipinski definition) is 3. The Morgan fingerprint density at radius 1 is 1.25 bits per heavy atom. The molecule has 104 valence electrons. The summed E-state index contributed by atoms with van der Waals surface area (Å²) in [6.07, 6.45) is 0.803. The number of nitrogens with zero attached hydrogens (tertiary/aromatic N) is 1. The van der Waals surface area contributed by atoms with Crippen LogP contribution in [0.5, 0.6) is 0 Å². The average molecular weight is 271 g/mol. The zero-order valence-corrected chi connectivity index (χ0v) is 11.3. The van der Waals surface area contributed by atoms with Crippen LogP contribution in [0.2, 0.25) is 0 Å². The van der Waals surface area contributed by atoms with Crippen molar-refractivity contribution in [1.29, 1.82) is 0 Å². The Labute approximate surface area is 117 Å². The Kier molecular flexibility index (Phi) is 4.20. The second-order valence-electron chi connectivity index (χ2n) is 4.48. The van der Waals surface area contributed by atoms with Gasteiger partial charge in [0, 0.05) is 24.0 Å². The number of nitrogen functional groups attached to an aromatic ring is 1. The first-order valence-electron chi connectivity index (χ1n) is 6.48. The van der Waals surface area contributed by atoms with Crippen LogP contribution in [0, 0.1) is 0 Å². The predicted octanol–water partition coefficient (Wildman–Crippen LogP) is 2.01. The molecule has 0 aliphatic rings. The number of amides is 1. The van der Waals surface area contributed by atoms with E-state index in [-0.39, 0.29) is 17.2 Å². The Bertz CT molecular complexity index is 664. The molecule has 0 aliphatic heterocycles.